The Morgan fingerprint density at radius 2 is 2.21 bits per heavy atom. The van der Waals surface area contributed by atoms with Crippen LogP contribution in [0.4, 0.5) is 10.1 Å². The summed E-state index contributed by atoms with van der Waals surface area (Å²) in [5.74, 6) is -0.678. The standard InChI is InChI=1S/C13H12ClFN2OS/c1-7-12(19-8(2)16-7)6-13(18)17-9-3-4-11(15)10(14)5-9/h3-5H,6H2,1-2H3,(H,17,18). The summed E-state index contributed by atoms with van der Waals surface area (Å²) in [7, 11) is 0. The summed E-state index contributed by atoms with van der Waals surface area (Å²) in [6.45, 7) is 3.78. The highest BCUT2D eigenvalue weighted by molar-refractivity contribution is 7.11. The third-order valence-corrected chi connectivity index (χ3v) is 3.89. The Bertz CT molecular complexity index is 627. The molecule has 1 heterocycles. The zero-order valence-electron chi connectivity index (χ0n) is 10.5. The first-order valence-electron chi connectivity index (χ1n) is 5.63. The zero-order valence-corrected chi connectivity index (χ0v) is 12.0. The second-order valence-electron chi connectivity index (χ2n) is 4.10. The Morgan fingerprint density at radius 1 is 1.47 bits per heavy atom. The highest BCUT2D eigenvalue weighted by Gasteiger charge is 2.11. The van der Waals surface area contributed by atoms with Crippen molar-refractivity contribution in [3.8, 4) is 0 Å². The van der Waals surface area contributed by atoms with Gasteiger partial charge in [0.1, 0.15) is 5.82 Å². The number of thiazole rings is 1. The molecule has 1 aromatic heterocycles. The summed E-state index contributed by atoms with van der Waals surface area (Å²) in [5.41, 5.74) is 1.35. The summed E-state index contributed by atoms with van der Waals surface area (Å²) in [5, 5.41) is 3.61. The number of hydrogen-bond donors (Lipinski definition) is 1. The number of anilines is 1. The van der Waals surface area contributed by atoms with Crippen LogP contribution in [0.5, 0.6) is 0 Å². The molecule has 2 rings (SSSR count). The largest absolute Gasteiger partial charge is 0.326 e. The van der Waals surface area contributed by atoms with E-state index in [1.807, 2.05) is 13.8 Å². The Labute approximate surface area is 119 Å². The summed E-state index contributed by atoms with van der Waals surface area (Å²) < 4.78 is 13.0. The molecule has 0 aliphatic carbocycles. The molecule has 0 fully saturated rings. The first-order chi connectivity index (χ1) is 8.95. The van der Waals surface area contributed by atoms with Crippen molar-refractivity contribution in [1.29, 1.82) is 0 Å². The lowest BCUT2D eigenvalue weighted by Gasteiger charge is -2.05. The number of aromatic nitrogens is 1. The molecule has 0 spiro atoms. The molecule has 2 aromatic rings. The molecule has 100 valence electrons. The van der Waals surface area contributed by atoms with Gasteiger partial charge in [0.2, 0.25) is 5.91 Å². The molecular formula is C13H12ClFN2OS. The van der Waals surface area contributed by atoms with Gasteiger partial charge in [0.25, 0.3) is 0 Å². The van der Waals surface area contributed by atoms with E-state index in [0.29, 0.717) is 5.69 Å². The van der Waals surface area contributed by atoms with Crippen LogP contribution >= 0.6 is 22.9 Å². The van der Waals surface area contributed by atoms with Crippen LogP contribution in [0.25, 0.3) is 0 Å². The summed E-state index contributed by atoms with van der Waals surface area (Å²) >= 11 is 7.15. The average Bonchev–Trinajstić information content (AvgIpc) is 2.62. The number of halogens is 2. The molecule has 0 aliphatic rings. The summed E-state index contributed by atoms with van der Waals surface area (Å²) in [6, 6.07) is 4.09. The van der Waals surface area contributed by atoms with Gasteiger partial charge >= 0.3 is 0 Å². The molecule has 0 saturated carbocycles. The lowest BCUT2D eigenvalue weighted by Crippen LogP contribution is -2.14. The number of carbonyl (C=O) groups is 1. The summed E-state index contributed by atoms with van der Waals surface area (Å²) in [6.07, 6.45) is 0.256. The second-order valence-corrected chi connectivity index (χ2v) is 5.79. The van der Waals surface area contributed by atoms with Gasteiger partial charge in [-0.25, -0.2) is 9.37 Å². The number of carbonyl (C=O) groups excluding carboxylic acids is 1. The zero-order chi connectivity index (χ0) is 14.0. The van der Waals surface area contributed by atoms with E-state index >= 15 is 0 Å². The van der Waals surface area contributed by atoms with Crippen LogP contribution in [-0.2, 0) is 11.2 Å². The molecule has 1 amide bonds. The number of amides is 1. The van der Waals surface area contributed by atoms with Gasteiger partial charge in [0.15, 0.2) is 0 Å². The fourth-order valence-corrected chi connectivity index (χ4v) is 2.78. The highest BCUT2D eigenvalue weighted by Crippen LogP contribution is 2.21. The topological polar surface area (TPSA) is 42.0 Å². The molecular weight excluding hydrogens is 287 g/mol. The molecule has 0 aliphatic heterocycles. The molecule has 0 saturated heterocycles. The lowest BCUT2D eigenvalue weighted by molar-refractivity contribution is -0.115. The third-order valence-electron chi connectivity index (χ3n) is 2.52. The molecule has 1 aromatic carbocycles. The number of benzene rings is 1. The van der Waals surface area contributed by atoms with Crippen molar-refractivity contribution < 1.29 is 9.18 Å². The number of hydrogen-bond acceptors (Lipinski definition) is 3. The molecule has 0 bridgehead atoms. The molecule has 0 unspecified atom stereocenters. The van der Waals surface area contributed by atoms with Crippen molar-refractivity contribution >= 4 is 34.5 Å². The maximum absolute atomic E-state index is 13.0. The molecule has 3 nitrogen and oxygen atoms in total. The molecule has 0 radical (unpaired) electrons. The minimum atomic E-state index is -0.506. The van der Waals surface area contributed by atoms with E-state index in [1.165, 1.54) is 29.5 Å². The van der Waals surface area contributed by atoms with Gasteiger partial charge in [0, 0.05) is 10.6 Å². The Morgan fingerprint density at radius 3 is 2.79 bits per heavy atom. The van der Waals surface area contributed by atoms with E-state index in [-0.39, 0.29) is 17.4 Å². The van der Waals surface area contributed by atoms with E-state index in [9.17, 15) is 9.18 Å². The van der Waals surface area contributed by atoms with Crippen molar-refractivity contribution in [2.24, 2.45) is 0 Å². The van der Waals surface area contributed by atoms with Gasteiger partial charge in [-0.2, -0.15) is 0 Å². The Balaban J connectivity index is 2.05. The maximum atomic E-state index is 13.0. The fraction of sp³-hybridized carbons (Fsp3) is 0.231. The summed E-state index contributed by atoms with van der Waals surface area (Å²) in [4.78, 5) is 17.1. The monoisotopic (exact) mass is 298 g/mol. The Kier molecular flexibility index (Phi) is 4.17. The lowest BCUT2D eigenvalue weighted by atomic mass is 10.2. The quantitative estimate of drug-likeness (QED) is 0.938. The molecule has 19 heavy (non-hydrogen) atoms. The fourth-order valence-electron chi connectivity index (χ4n) is 1.66. The number of rotatable bonds is 3. The third kappa shape index (κ3) is 3.52. The normalized spacial score (nSPS) is 10.5. The van der Waals surface area contributed by atoms with Crippen molar-refractivity contribution in [3.05, 3.63) is 44.6 Å². The van der Waals surface area contributed by atoms with Gasteiger partial charge in [-0.3, -0.25) is 4.79 Å². The minimum Gasteiger partial charge on any atom is -0.326 e. The van der Waals surface area contributed by atoms with Crippen molar-refractivity contribution in [2.45, 2.75) is 20.3 Å². The van der Waals surface area contributed by atoms with E-state index in [2.05, 4.69) is 10.3 Å². The van der Waals surface area contributed by atoms with Crippen LogP contribution in [0.2, 0.25) is 5.02 Å². The SMILES string of the molecule is Cc1nc(C)c(CC(=O)Nc2ccc(F)c(Cl)c2)s1. The van der Waals surface area contributed by atoms with Crippen molar-refractivity contribution in [3.63, 3.8) is 0 Å². The smallest absolute Gasteiger partial charge is 0.229 e. The van der Waals surface area contributed by atoms with E-state index in [4.69, 9.17) is 11.6 Å². The van der Waals surface area contributed by atoms with Crippen LogP contribution < -0.4 is 5.32 Å². The highest BCUT2D eigenvalue weighted by atomic mass is 35.5. The van der Waals surface area contributed by atoms with E-state index < -0.39 is 5.82 Å². The van der Waals surface area contributed by atoms with E-state index in [0.717, 1.165) is 15.6 Å². The molecule has 6 heteroatoms. The van der Waals surface area contributed by atoms with Crippen molar-refractivity contribution in [1.82, 2.24) is 4.98 Å². The first-order valence-corrected chi connectivity index (χ1v) is 6.83. The van der Waals surface area contributed by atoms with Gasteiger partial charge in [-0.1, -0.05) is 11.6 Å². The van der Waals surface area contributed by atoms with E-state index in [1.54, 1.807) is 0 Å². The van der Waals surface area contributed by atoms with Gasteiger partial charge < -0.3 is 5.32 Å². The minimum absolute atomic E-state index is 0.0115. The predicted molar refractivity (Wildman–Crippen MR) is 75.3 cm³/mol. The van der Waals surface area contributed by atoms with Gasteiger partial charge in [-0.15, -0.1) is 11.3 Å². The molecule has 1 N–H and O–H groups in total. The average molecular weight is 299 g/mol. The van der Waals surface area contributed by atoms with Crippen LogP contribution in [-0.4, -0.2) is 10.9 Å². The van der Waals surface area contributed by atoms with Crippen LogP contribution in [0.3, 0.4) is 0 Å². The Hall–Kier alpha value is -1.46. The van der Waals surface area contributed by atoms with Crippen LogP contribution in [0.1, 0.15) is 15.6 Å². The van der Waals surface area contributed by atoms with Crippen LogP contribution in [0.15, 0.2) is 18.2 Å². The number of nitrogens with one attached hydrogen (secondary N) is 1. The maximum Gasteiger partial charge on any atom is 0.229 e. The van der Waals surface area contributed by atoms with Gasteiger partial charge in [0.05, 0.1) is 22.1 Å². The molecule has 0 atom stereocenters. The second kappa shape index (κ2) is 5.67. The number of nitrogens with zero attached hydrogens (tertiary/aromatic N) is 1. The first kappa shape index (κ1) is 14.0. The number of aryl methyl sites for hydroxylation is 2. The van der Waals surface area contributed by atoms with Crippen LogP contribution in [0, 0.1) is 19.7 Å². The predicted octanol–water partition coefficient (Wildman–Crippen LogP) is 3.73. The van der Waals surface area contributed by atoms with Gasteiger partial charge in [-0.05, 0) is 32.0 Å². The van der Waals surface area contributed by atoms with Crippen molar-refractivity contribution in [2.75, 3.05) is 5.32 Å².